The van der Waals surface area contributed by atoms with Crippen LogP contribution in [0.4, 0.5) is 22.0 Å². The molecule has 0 amide bonds. The normalized spacial score (nSPS) is 18.8. The summed E-state index contributed by atoms with van der Waals surface area (Å²) in [6, 6.07) is 4.36. The van der Waals surface area contributed by atoms with E-state index in [-0.39, 0.29) is 5.54 Å². The minimum atomic E-state index is -5.56. The zero-order valence-electron chi connectivity index (χ0n) is 9.61. The van der Waals surface area contributed by atoms with E-state index in [9.17, 15) is 22.0 Å². The Morgan fingerprint density at radius 2 is 1.50 bits per heavy atom. The van der Waals surface area contributed by atoms with E-state index in [0.29, 0.717) is 0 Å². The second-order valence-corrected chi connectivity index (χ2v) is 4.48. The van der Waals surface area contributed by atoms with Crippen LogP contribution in [-0.2, 0) is 11.5 Å². The zero-order chi connectivity index (χ0) is 13.6. The van der Waals surface area contributed by atoms with E-state index in [0.717, 1.165) is 30.5 Å². The minimum absolute atomic E-state index is 0.244. The van der Waals surface area contributed by atoms with Crippen LogP contribution < -0.4 is 5.32 Å². The molecule has 0 saturated heterocycles. The largest absolute Gasteiger partial charge is 0.458 e. The molecule has 0 heterocycles. The number of hydrogen-bond acceptors (Lipinski definition) is 1. The van der Waals surface area contributed by atoms with Gasteiger partial charge < -0.3 is 5.32 Å². The molecule has 0 bridgehead atoms. The summed E-state index contributed by atoms with van der Waals surface area (Å²) in [5, 5.41) is 3.05. The smallest absolute Gasteiger partial charge is 0.310 e. The fraction of sp³-hybridized carbons (Fsp3) is 0.500. The van der Waals surface area contributed by atoms with Gasteiger partial charge in [0.1, 0.15) is 0 Å². The van der Waals surface area contributed by atoms with Crippen LogP contribution in [0.3, 0.4) is 0 Å². The molecule has 1 N–H and O–H groups in total. The molecule has 1 saturated carbocycles. The summed E-state index contributed by atoms with van der Waals surface area (Å²) in [6.45, 7) is 0. The van der Waals surface area contributed by atoms with Gasteiger partial charge in [-0.2, -0.15) is 22.0 Å². The summed E-state index contributed by atoms with van der Waals surface area (Å²) < 4.78 is 62.6. The first kappa shape index (κ1) is 13.3. The lowest BCUT2D eigenvalue weighted by molar-refractivity contribution is -0.289. The Kier molecular flexibility index (Phi) is 2.88. The van der Waals surface area contributed by atoms with E-state index < -0.39 is 17.7 Å². The fourth-order valence-electron chi connectivity index (χ4n) is 1.97. The summed E-state index contributed by atoms with van der Waals surface area (Å²) in [7, 11) is 1.74. The van der Waals surface area contributed by atoms with Crippen LogP contribution in [-0.4, -0.2) is 13.2 Å². The quantitative estimate of drug-likeness (QED) is 0.824. The molecule has 2 rings (SSSR count). The van der Waals surface area contributed by atoms with E-state index in [1.54, 1.807) is 7.05 Å². The average Bonchev–Trinajstić information content (AvgIpc) is 3.08. The average molecular weight is 265 g/mol. The van der Waals surface area contributed by atoms with Gasteiger partial charge in [-0.1, -0.05) is 24.3 Å². The van der Waals surface area contributed by atoms with Crippen molar-refractivity contribution < 1.29 is 22.0 Å². The number of hydrogen-bond donors (Lipinski definition) is 1. The van der Waals surface area contributed by atoms with Gasteiger partial charge in [0, 0.05) is 11.1 Å². The maximum Gasteiger partial charge on any atom is 0.458 e. The van der Waals surface area contributed by atoms with Crippen LogP contribution in [0, 0.1) is 0 Å². The van der Waals surface area contributed by atoms with Gasteiger partial charge in [0.15, 0.2) is 0 Å². The Hall–Kier alpha value is -1.17. The van der Waals surface area contributed by atoms with Gasteiger partial charge in [0.2, 0.25) is 0 Å². The molecule has 1 aliphatic rings. The molecule has 0 spiro atoms. The number of nitrogens with one attached hydrogen (secondary N) is 1. The zero-order valence-corrected chi connectivity index (χ0v) is 9.61. The molecule has 0 aromatic heterocycles. The highest BCUT2D eigenvalue weighted by molar-refractivity contribution is 5.34. The van der Waals surface area contributed by atoms with E-state index in [1.807, 2.05) is 0 Å². The Balaban J connectivity index is 2.28. The van der Waals surface area contributed by atoms with Crippen LogP contribution in [0.1, 0.15) is 24.0 Å². The van der Waals surface area contributed by atoms with Crippen molar-refractivity contribution in [2.75, 3.05) is 7.05 Å². The van der Waals surface area contributed by atoms with Gasteiger partial charge >= 0.3 is 12.1 Å². The molecule has 1 nitrogen and oxygen atoms in total. The van der Waals surface area contributed by atoms with Gasteiger partial charge in [-0.05, 0) is 25.5 Å². The van der Waals surface area contributed by atoms with Crippen molar-refractivity contribution in [3.05, 3.63) is 35.4 Å². The number of halogens is 5. The lowest BCUT2D eigenvalue weighted by Gasteiger charge is -2.21. The first-order valence-electron chi connectivity index (χ1n) is 5.47. The second-order valence-electron chi connectivity index (χ2n) is 4.48. The molecule has 0 atom stereocenters. The predicted octanol–water partition coefficient (Wildman–Crippen LogP) is 3.55. The number of rotatable bonds is 3. The maximum absolute atomic E-state index is 13.0. The van der Waals surface area contributed by atoms with Crippen molar-refractivity contribution in [3.8, 4) is 0 Å². The molecule has 0 aliphatic heterocycles. The molecule has 1 aliphatic carbocycles. The summed E-state index contributed by atoms with van der Waals surface area (Å²) in [5.74, 6) is -4.80. The van der Waals surface area contributed by atoms with E-state index in [4.69, 9.17) is 0 Å². The SMILES string of the molecule is CNC1(c2ccc(C(F)(F)C(F)(F)F)cc2)CC1. The highest BCUT2D eigenvalue weighted by Crippen LogP contribution is 2.47. The summed E-state index contributed by atoms with van der Waals surface area (Å²) in [4.78, 5) is 0. The molecule has 1 aromatic carbocycles. The van der Waals surface area contributed by atoms with E-state index in [2.05, 4.69) is 5.32 Å². The first-order chi connectivity index (χ1) is 8.23. The Labute approximate surface area is 101 Å². The van der Waals surface area contributed by atoms with Gasteiger partial charge in [-0.15, -0.1) is 0 Å². The van der Waals surface area contributed by atoms with E-state index in [1.165, 1.54) is 12.1 Å². The fourth-order valence-corrected chi connectivity index (χ4v) is 1.97. The number of benzene rings is 1. The standard InChI is InChI=1S/C12H12F5N/c1-18-10(6-7-10)8-2-4-9(5-3-8)11(13,14)12(15,16)17/h2-5,18H,6-7H2,1H3. The first-order valence-corrected chi connectivity index (χ1v) is 5.47. The third kappa shape index (κ3) is 1.98. The Morgan fingerprint density at radius 1 is 1.00 bits per heavy atom. The molecular formula is C12H12F5N. The molecule has 1 aromatic rings. The summed E-state index contributed by atoms with van der Waals surface area (Å²) in [5.41, 5.74) is -0.524. The van der Waals surface area contributed by atoms with Crippen molar-refractivity contribution in [2.24, 2.45) is 0 Å². The van der Waals surface area contributed by atoms with Gasteiger partial charge in [0.25, 0.3) is 0 Å². The lowest BCUT2D eigenvalue weighted by atomic mass is 10.0. The highest BCUT2D eigenvalue weighted by atomic mass is 19.4. The Morgan fingerprint density at radius 3 is 1.83 bits per heavy atom. The summed E-state index contributed by atoms with van der Waals surface area (Å²) >= 11 is 0. The molecule has 6 heteroatoms. The van der Waals surface area contributed by atoms with Crippen molar-refractivity contribution in [1.82, 2.24) is 5.32 Å². The van der Waals surface area contributed by atoms with Crippen LogP contribution >= 0.6 is 0 Å². The molecule has 1 fully saturated rings. The van der Waals surface area contributed by atoms with Gasteiger partial charge in [0.05, 0.1) is 0 Å². The second kappa shape index (κ2) is 3.91. The lowest BCUT2D eigenvalue weighted by Crippen LogP contribution is -2.33. The third-order valence-corrected chi connectivity index (χ3v) is 3.38. The maximum atomic E-state index is 13.0. The topological polar surface area (TPSA) is 12.0 Å². The minimum Gasteiger partial charge on any atom is -0.310 e. The van der Waals surface area contributed by atoms with Crippen LogP contribution in [0.5, 0.6) is 0 Å². The number of alkyl halides is 5. The van der Waals surface area contributed by atoms with Crippen LogP contribution in [0.2, 0.25) is 0 Å². The predicted molar refractivity (Wildman–Crippen MR) is 56.4 cm³/mol. The molecule has 0 radical (unpaired) electrons. The third-order valence-electron chi connectivity index (χ3n) is 3.38. The molecule has 100 valence electrons. The van der Waals surface area contributed by atoms with Crippen LogP contribution in [0.15, 0.2) is 24.3 Å². The monoisotopic (exact) mass is 265 g/mol. The molecule has 0 unspecified atom stereocenters. The highest BCUT2D eigenvalue weighted by Gasteiger charge is 2.58. The van der Waals surface area contributed by atoms with Gasteiger partial charge in [-0.25, -0.2) is 0 Å². The van der Waals surface area contributed by atoms with Gasteiger partial charge in [-0.3, -0.25) is 0 Å². The van der Waals surface area contributed by atoms with Crippen molar-refractivity contribution in [2.45, 2.75) is 30.5 Å². The van der Waals surface area contributed by atoms with E-state index >= 15 is 0 Å². The summed E-state index contributed by atoms with van der Waals surface area (Å²) in [6.07, 6.45) is -3.84. The molecular weight excluding hydrogens is 253 g/mol. The Bertz CT molecular complexity index is 431. The molecule has 18 heavy (non-hydrogen) atoms. The van der Waals surface area contributed by atoms with Crippen molar-refractivity contribution in [3.63, 3.8) is 0 Å². The van der Waals surface area contributed by atoms with Crippen molar-refractivity contribution in [1.29, 1.82) is 0 Å². The van der Waals surface area contributed by atoms with Crippen LogP contribution in [0.25, 0.3) is 0 Å². The van der Waals surface area contributed by atoms with Crippen molar-refractivity contribution >= 4 is 0 Å².